The monoisotopic (exact) mass is 274 g/mol. The molecule has 0 spiro atoms. The summed E-state index contributed by atoms with van der Waals surface area (Å²) in [6.07, 6.45) is 0.821. The Morgan fingerprint density at radius 1 is 1.25 bits per heavy atom. The van der Waals surface area contributed by atoms with Crippen LogP contribution in [0.25, 0.3) is 0 Å². The van der Waals surface area contributed by atoms with E-state index < -0.39 is 0 Å². The topological polar surface area (TPSA) is 40.6 Å². The molecule has 4 heteroatoms. The lowest BCUT2D eigenvalue weighted by atomic mass is 10.1. The highest BCUT2D eigenvalue weighted by atomic mass is 16.2. The fourth-order valence-electron chi connectivity index (χ4n) is 2.85. The van der Waals surface area contributed by atoms with Crippen molar-refractivity contribution in [2.24, 2.45) is 0 Å². The van der Waals surface area contributed by atoms with Crippen LogP contribution in [0.1, 0.15) is 32.8 Å². The highest BCUT2D eigenvalue weighted by Crippen LogP contribution is 2.32. The maximum absolute atomic E-state index is 12.4. The molecule has 0 aliphatic carbocycles. The third-order valence-corrected chi connectivity index (χ3v) is 3.89. The van der Waals surface area contributed by atoms with Crippen molar-refractivity contribution < 1.29 is 9.59 Å². The predicted octanol–water partition coefficient (Wildman–Crippen LogP) is 2.22. The summed E-state index contributed by atoms with van der Waals surface area (Å²) in [6, 6.07) is 8.05. The Morgan fingerprint density at radius 2 is 1.90 bits per heavy atom. The first kappa shape index (κ1) is 14.6. The standard InChI is InChI=1S/C16H22N2O2/c1-4-17(5-2)15(19)11-16(20)18-12(3)10-13-8-6-7-9-14(13)18/h6-9,12H,4-5,10-11H2,1-3H3. The second kappa shape index (κ2) is 6.07. The molecule has 0 saturated heterocycles. The van der Waals surface area contributed by atoms with Crippen LogP contribution in [0.5, 0.6) is 0 Å². The van der Waals surface area contributed by atoms with Gasteiger partial charge in [0, 0.05) is 24.8 Å². The van der Waals surface area contributed by atoms with Gasteiger partial charge >= 0.3 is 0 Å². The zero-order valence-corrected chi connectivity index (χ0v) is 12.4. The normalized spacial score (nSPS) is 16.9. The summed E-state index contributed by atoms with van der Waals surface area (Å²) in [5.74, 6) is -0.184. The largest absolute Gasteiger partial charge is 0.343 e. The molecule has 1 aromatic rings. The van der Waals surface area contributed by atoms with Crippen LogP contribution in [-0.2, 0) is 16.0 Å². The molecule has 1 unspecified atom stereocenters. The van der Waals surface area contributed by atoms with Crippen LogP contribution >= 0.6 is 0 Å². The first-order chi connectivity index (χ1) is 9.58. The zero-order valence-electron chi connectivity index (χ0n) is 12.4. The second-order valence-corrected chi connectivity index (χ2v) is 5.19. The van der Waals surface area contributed by atoms with E-state index in [-0.39, 0.29) is 24.3 Å². The van der Waals surface area contributed by atoms with Crippen LogP contribution in [0.2, 0.25) is 0 Å². The van der Waals surface area contributed by atoms with Gasteiger partial charge in [-0.05, 0) is 38.8 Å². The van der Waals surface area contributed by atoms with Crippen molar-refractivity contribution in [3.05, 3.63) is 29.8 Å². The van der Waals surface area contributed by atoms with E-state index in [0.717, 1.165) is 12.1 Å². The van der Waals surface area contributed by atoms with Crippen molar-refractivity contribution in [1.29, 1.82) is 0 Å². The van der Waals surface area contributed by atoms with Crippen LogP contribution in [0.4, 0.5) is 5.69 Å². The van der Waals surface area contributed by atoms with Crippen molar-refractivity contribution in [2.75, 3.05) is 18.0 Å². The highest BCUT2D eigenvalue weighted by Gasteiger charge is 2.31. The number of hydrogen-bond acceptors (Lipinski definition) is 2. The van der Waals surface area contributed by atoms with Gasteiger partial charge in [-0.3, -0.25) is 9.59 Å². The van der Waals surface area contributed by atoms with Gasteiger partial charge in [-0.25, -0.2) is 0 Å². The van der Waals surface area contributed by atoms with E-state index in [9.17, 15) is 9.59 Å². The molecule has 0 aromatic heterocycles. The van der Waals surface area contributed by atoms with E-state index in [1.165, 1.54) is 5.56 Å². The number of anilines is 1. The molecule has 0 saturated carbocycles. The van der Waals surface area contributed by atoms with Crippen LogP contribution in [-0.4, -0.2) is 35.8 Å². The van der Waals surface area contributed by atoms with E-state index in [2.05, 4.69) is 0 Å². The van der Waals surface area contributed by atoms with Gasteiger partial charge in [0.05, 0.1) is 0 Å². The number of para-hydroxylation sites is 1. The Labute approximate surface area is 120 Å². The smallest absolute Gasteiger partial charge is 0.236 e. The van der Waals surface area contributed by atoms with Crippen LogP contribution in [0.3, 0.4) is 0 Å². The first-order valence-corrected chi connectivity index (χ1v) is 7.26. The Kier molecular flexibility index (Phi) is 4.42. The van der Waals surface area contributed by atoms with Crippen LogP contribution in [0.15, 0.2) is 24.3 Å². The quantitative estimate of drug-likeness (QED) is 0.790. The molecular formula is C16H22N2O2. The summed E-state index contributed by atoms with van der Waals surface area (Å²) in [6.45, 7) is 7.18. The van der Waals surface area contributed by atoms with Gasteiger partial charge in [-0.2, -0.15) is 0 Å². The number of nitrogens with zero attached hydrogens (tertiary/aromatic N) is 2. The predicted molar refractivity (Wildman–Crippen MR) is 79.6 cm³/mol. The van der Waals surface area contributed by atoms with E-state index in [4.69, 9.17) is 0 Å². The second-order valence-electron chi connectivity index (χ2n) is 5.19. The number of rotatable bonds is 4. The molecule has 2 rings (SSSR count). The minimum absolute atomic E-state index is 0.0413. The molecule has 0 N–H and O–H groups in total. The fraction of sp³-hybridized carbons (Fsp3) is 0.500. The number of carbonyl (C=O) groups excluding carboxylic acids is 2. The van der Waals surface area contributed by atoms with Gasteiger partial charge < -0.3 is 9.80 Å². The van der Waals surface area contributed by atoms with Crippen LogP contribution < -0.4 is 4.90 Å². The third kappa shape index (κ3) is 2.69. The number of amides is 2. The summed E-state index contributed by atoms with van der Waals surface area (Å²) < 4.78 is 0. The van der Waals surface area contributed by atoms with E-state index in [0.29, 0.717) is 13.1 Å². The molecule has 1 aliphatic rings. The lowest BCUT2D eigenvalue weighted by Crippen LogP contribution is -2.40. The molecule has 0 fully saturated rings. The van der Waals surface area contributed by atoms with E-state index in [1.54, 1.807) is 9.80 Å². The average Bonchev–Trinajstić information content (AvgIpc) is 2.75. The lowest BCUT2D eigenvalue weighted by molar-refractivity contribution is -0.135. The molecule has 0 bridgehead atoms. The number of hydrogen-bond donors (Lipinski definition) is 0. The molecule has 4 nitrogen and oxygen atoms in total. The molecule has 1 aliphatic heterocycles. The molecule has 1 aromatic carbocycles. The molecule has 2 amide bonds. The van der Waals surface area contributed by atoms with Crippen molar-refractivity contribution in [3.63, 3.8) is 0 Å². The SMILES string of the molecule is CCN(CC)C(=O)CC(=O)N1c2ccccc2CC1C. The summed E-state index contributed by atoms with van der Waals surface area (Å²) in [5.41, 5.74) is 2.14. The lowest BCUT2D eigenvalue weighted by Gasteiger charge is -2.24. The number of fused-ring (bicyclic) bond motifs is 1. The maximum atomic E-state index is 12.4. The molecule has 1 heterocycles. The number of carbonyl (C=O) groups is 2. The van der Waals surface area contributed by atoms with Gasteiger partial charge in [-0.1, -0.05) is 18.2 Å². The van der Waals surface area contributed by atoms with Crippen molar-refractivity contribution in [3.8, 4) is 0 Å². The number of benzene rings is 1. The van der Waals surface area contributed by atoms with Crippen molar-refractivity contribution >= 4 is 17.5 Å². The van der Waals surface area contributed by atoms with Crippen molar-refractivity contribution in [2.45, 2.75) is 39.7 Å². The molecule has 20 heavy (non-hydrogen) atoms. The summed E-state index contributed by atoms with van der Waals surface area (Å²) in [5, 5.41) is 0. The molecule has 108 valence electrons. The average molecular weight is 274 g/mol. The van der Waals surface area contributed by atoms with E-state index >= 15 is 0 Å². The maximum Gasteiger partial charge on any atom is 0.236 e. The Morgan fingerprint density at radius 3 is 2.55 bits per heavy atom. The third-order valence-electron chi connectivity index (χ3n) is 3.89. The zero-order chi connectivity index (χ0) is 14.7. The van der Waals surface area contributed by atoms with Gasteiger partial charge in [0.25, 0.3) is 0 Å². The van der Waals surface area contributed by atoms with E-state index in [1.807, 2.05) is 45.0 Å². The Hall–Kier alpha value is -1.84. The van der Waals surface area contributed by atoms with Crippen LogP contribution in [0, 0.1) is 0 Å². The van der Waals surface area contributed by atoms with Gasteiger partial charge in [-0.15, -0.1) is 0 Å². The summed E-state index contributed by atoms with van der Waals surface area (Å²) in [4.78, 5) is 28.0. The molecule has 1 atom stereocenters. The van der Waals surface area contributed by atoms with Gasteiger partial charge in [0.2, 0.25) is 11.8 Å². The van der Waals surface area contributed by atoms with Crippen molar-refractivity contribution in [1.82, 2.24) is 4.90 Å². The summed E-state index contributed by atoms with van der Waals surface area (Å²) >= 11 is 0. The first-order valence-electron chi connectivity index (χ1n) is 7.26. The minimum atomic E-state index is -0.0978. The minimum Gasteiger partial charge on any atom is -0.343 e. The fourth-order valence-corrected chi connectivity index (χ4v) is 2.85. The summed E-state index contributed by atoms with van der Waals surface area (Å²) in [7, 11) is 0. The molecule has 0 radical (unpaired) electrons. The molecular weight excluding hydrogens is 252 g/mol. The van der Waals surface area contributed by atoms with Gasteiger partial charge in [0.1, 0.15) is 6.42 Å². The Bertz CT molecular complexity index is 509. The highest BCUT2D eigenvalue weighted by molar-refractivity contribution is 6.06. The van der Waals surface area contributed by atoms with Gasteiger partial charge in [0.15, 0.2) is 0 Å². The Balaban J connectivity index is 2.12.